The molecule has 3 atom stereocenters. The van der Waals surface area contributed by atoms with Gasteiger partial charge in [0.05, 0.1) is 6.61 Å². The highest BCUT2D eigenvalue weighted by Crippen LogP contribution is 2.44. The Hall–Kier alpha value is 0.134. The Balaban J connectivity index is 2.98. The van der Waals surface area contributed by atoms with Crippen LogP contribution in [0.4, 0.5) is 8.78 Å². The zero-order valence-electron chi connectivity index (χ0n) is 17.4. The van der Waals surface area contributed by atoms with Gasteiger partial charge in [0.25, 0.3) is 0 Å². The zero-order valence-corrected chi connectivity index (χ0v) is 19.4. The fourth-order valence-electron chi connectivity index (χ4n) is 2.00. The average Bonchev–Trinajstić information content (AvgIpc) is 2.57. The van der Waals surface area contributed by atoms with E-state index in [1.165, 1.54) is 0 Å². The first kappa shape index (κ1) is 23.2. The summed E-state index contributed by atoms with van der Waals surface area (Å²) in [6.45, 7) is 20.2. The van der Waals surface area contributed by atoms with Crippen molar-refractivity contribution in [3.63, 3.8) is 0 Å². The third-order valence-corrected chi connectivity index (χ3v) is 14.9. The third kappa shape index (κ3) is 4.90. The average molecular weight is 399 g/mol. The van der Waals surface area contributed by atoms with Crippen molar-refractivity contribution in [3.05, 3.63) is 0 Å². The van der Waals surface area contributed by atoms with E-state index in [0.717, 1.165) is 0 Å². The molecule has 8 heteroatoms. The number of hydrogen-bond donors (Lipinski definition) is 1. The van der Waals surface area contributed by atoms with Crippen LogP contribution in [0.1, 0.15) is 41.5 Å². The van der Waals surface area contributed by atoms with Crippen LogP contribution in [0, 0.1) is 0 Å². The molecule has 0 aromatic heterocycles. The van der Waals surface area contributed by atoms with Crippen LogP contribution in [0.5, 0.6) is 0 Å². The number of ether oxygens (including phenoxy) is 1. The van der Waals surface area contributed by atoms with Crippen LogP contribution in [-0.4, -0.2) is 52.8 Å². The highest BCUT2D eigenvalue weighted by molar-refractivity contribution is 6.74. The van der Waals surface area contributed by atoms with Gasteiger partial charge in [0, 0.05) is 0 Å². The summed E-state index contributed by atoms with van der Waals surface area (Å²) in [6.07, 6.45) is -4.63. The fourth-order valence-corrected chi connectivity index (χ4v) is 4.31. The van der Waals surface area contributed by atoms with E-state index in [2.05, 4.69) is 33.9 Å². The van der Waals surface area contributed by atoms with Gasteiger partial charge in [-0.2, -0.15) is 8.78 Å². The smallest absolute Gasteiger partial charge is 0.324 e. The van der Waals surface area contributed by atoms with Crippen molar-refractivity contribution in [2.24, 2.45) is 0 Å². The molecule has 0 aromatic carbocycles. The molecule has 1 N–H and O–H groups in total. The van der Waals surface area contributed by atoms with E-state index >= 15 is 0 Å². The standard InChI is InChI=1S/C17H36F2O4Si2/c1-15(2,3)24(7,8)21-11-12-13(17(18,19)14(20)22-12)23-25(9,10)16(4,5)6/h12-14,20H,11H2,1-10H3/t12-,13+,14?/m1/s1. The molecule has 0 spiro atoms. The quantitative estimate of drug-likeness (QED) is 0.679. The third-order valence-electron chi connectivity index (χ3n) is 5.99. The van der Waals surface area contributed by atoms with Gasteiger partial charge in [-0.3, -0.25) is 0 Å². The molecule has 1 heterocycles. The molecule has 150 valence electrons. The summed E-state index contributed by atoms with van der Waals surface area (Å²) in [5.41, 5.74) is 0. The van der Waals surface area contributed by atoms with Gasteiger partial charge in [0.2, 0.25) is 6.29 Å². The molecule has 1 fully saturated rings. The molecule has 1 aliphatic heterocycles. The fraction of sp³-hybridized carbons (Fsp3) is 1.00. The molecule has 0 aliphatic carbocycles. The Labute approximate surface area is 153 Å². The minimum absolute atomic E-state index is 0.00241. The molecule has 0 amide bonds. The van der Waals surface area contributed by atoms with Crippen LogP contribution in [0.25, 0.3) is 0 Å². The minimum atomic E-state index is -3.45. The number of alkyl halides is 2. The summed E-state index contributed by atoms with van der Waals surface area (Å²) in [6, 6.07) is 0. The van der Waals surface area contributed by atoms with E-state index in [9.17, 15) is 13.9 Å². The van der Waals surface area contributed by atoms with Crippen molar-refractivity contribution in [2.45, 2.75) is 102 Å². The molecule has 1 rings (SSSR count). The molecule has 1 aliphatic rings. The summed E-state index contributed by atoms with van der Waals surface area (Å²) in [5.74, 6) is -3.45. The first-order valence-corrected chi connectivity index (χ1v) is 14.7. The van der Waals surface area contributed by atoms with Gasteiger partial charge in [-0.05, 0) is 36.3 Å². The monoisotopic (exact) mass is 398 g/mol. The zero-order chi connectivity index (χ0) is 20.1. The van der Waals surface area contributed by atoms with Crippen LogP contribution in [0.3, 0.4) is 0 Å². The number of aliphatic hydroxyl groups excluding tert-OH is 1. The molecule has 0 saturated carbocycles. The molecule has 0 aromatic rings. The van der Waals surface area contributed by atoms with Gasteiger partial charge < -0.3 is 18.7 Å². The van der Waals surface area contributed by atoms with Crippen LogP contribution < -0.4 is 0 Å². The molecule has 25 heavy (non-hydrogen) atoms. The van der Waals surface area contributed by atoms with Crippen LogP contribution in [0.2, 0.25) is 36.3 Å². The molecule has 0 radical (unpaired) electrons. The van der Waals surface area contributed by atoms with Gasteiger partial charge >= 0.3 is 5.92 Å². The SMILES string of the molecule is CC(C)(C)[Si](C)(C)OC[C@H]1OC(O)C(F)(F)[C@H]1O[Si](C)(C)C(C)(C)C. The van der Waals surface area contributed by atoms with Crippen molar-refractivity contribution in [2.75, 3.05) is 6.61 Å². The predicted octanol–water partition coefficient (Wildman–Crippen LogP) is 4.75. The Morgan fingerprint density at radius 1 is 0.960 bits per heavy atom. The molecule has 0 bridgehead atoms. The van der Waals surface area contributed by atoms with Crippen molar-refractivity contribution in [1.29, 1.82) is 0 Å². The van der Waals surface area contributed by atoms with Gasteiger partial charge in [0.1, 0.15) is 12.2 Å². The first-order chi connectivity index (χ1) is 10.8. The maximum absolute atomic E-state index is 14.5. The topological polar surface area (TPSA) is 47.9 Å². The normalized spacial score (nSPS) is 28.4. The van der Waals surface area contributed by atoms with E-state index < -0.39 is 41.1 Å². The summed E-state index contributed by atoms with van der Waals surface area (Å²) >= 11 is 0. The minimum Gasteiger partial charge on any atom is -0.414 e. The summed E-state index contributed by atoms with van der Waals surface area (Å²) in [4.78, 5) is 0. The number of aliphatic hydroxyl groups is 1. The van der Waals surface area contributed by atoms with E-state index in [-0.39, 0.29) is 16.7 Å². The van der Waals surface area contributed by atoms with E-state index in [4.69, 9.17) is 13.6 Å². The van der Waals surface area contributed by atoms with Crippen molar-refractivity contribution < 1.29 is 27.5 Å². The second-order valence-corrected chi connectivity index (χ2v) is 19.6. The predicted molar refractivity (Wildman–Crippen MR) is 101 cm³/mol. The molecule has 4 nitrogen and oxygen atoms in total. The van der Waals surface area contributed by atoms with Crippen LogP contribution >= 0.6 is 0 Å². The van der Waals surface area contributed by atoms with Gasteiger partial charge in [-0.1, -0.05) is 41.5 Å². The van der Waals surface area contributed by atoms with E-state index in [1.807, 2.05) is 33.9 Å². The lowest BCUT2D eigenvalue weighted by molar-refractivity contribution is -0.197. The lowest BCUT2D eigenvalue weighted by atomic mass is 10.1. The lowest BCUT2D eigenvalue weighted by Crippen LogP contribution is -2.53. The van der Waals surface area contributed by atoms with Gasteiger partial charge in [-0.25, -0.2) is 0 Å². The maximum Gasteiger partial charge on any atom is 0.324 e. The number of hydrogen-bond acceptors (Lipinski definition) is 4. The molecular weight excluding hydrogens is 362 g/mol. The number of rotatable bonds is 5. The van der Waals surface area contributed by atoms with Gasteiger partial charge in [0.15, 0.2) is 16.6 Å². The number of halogens is 2. The summed E-state index contributed by atoms with van der Waals surface area (Å²) in [5, 5.41) is 9.45. The summed E-state index contributed by atoms with van der Waals surface area (Å²) in [7, 11) is -4.57. The molecular formula is C17H36F2O4Si2. The summed E-state index contributed by atoms with van der Waals surface area (Å²) < 4.78 is 46.2. The van der Waals surface area contributed by atoms with Crippen molar-refractivity contribution in [3.8, 4) is 0 Å². The van der Waals surface area contributed by atoms with Crippen molar-refractivity contribution in [1.82, 2.24) is 0 Å². The lowest BCUT2D eigenvalue weighted by Gasteiger charge is -2.41. The Bertz CT molecular complexity index is 470. The largest absolute Gasteiger partial charge is 0.414 e. The molecule has 1 unspecified atom stereocenters. The van der Waals surface area contributed by atoms with Gasteiger partial charge in [-0.15, -0.1) is 0 Å². The second-order valence-electron chi connectivity index (χ2n) is 10.1. The van der Waals surface area contributed by atoms with Crippen LogP contribution in [0.15, 0.2) is 0 Å². The molecule has 1 saturated heterocycles. The van der Waals surface area contributed by atoms with Crippen LogP contribution in [-0.2, 0) is 13.6 Å². The maximum atomic E-state index is 14.5. The second kappa shape index (κ2) is 6.94. The van der Waals surface area contributed by atoms with Crippen molar-refractivity contribution >= 4 is 16.6 Å². The Morgan fingerprint density at radius 2 is 1.40 bits per heavy atom. The first-order valence-electron chi connectivity index (χ1n) is 8.86. The van der Waals surface area contributed by atoms with E-state index in [1.54, 1.807) is 0 Å². The Morgan fingerprint density at radius 3 is 1.80 bits per heavy atom. The van der Waals surface area contributed by atoms with E-state index in [0.29, 0.717) is 0 Å². The highest BCUT2D eigenvalue weighted by Gasteiger charge is 2.61. The Kier molecular flexibility index (Phi) is 6.43. The highest BCUT2D eigenvalue weighted by atomic mass is 28.4.